The molecule has 26 heavy (non-hydrogen) atoms. The molecule has 0 saturated heterocycles. The van der Waals surface area contributed by atoms with E-state index in [2.05, 4.69) is 20.3 Å². The third kappa shape index (κ3) is 4.50. The predicted octanol–water partition coefficient (Wildman–Crippen LogP) is 3.88. The first-order valence-electron chi connectivity index (χ1n) is 8.19. The molecule has 0 aliphatic rings. The molecule has 2 heterocycles. The number of aryl methyl sites for hydroxylation is 1. The molecule has 0 atom stereocenters. The monoisotopic (exact) mass is 355 g/mol. The van der Waals surface area contributed by atoms with Gasteiger partial charge >= 0.3 is 0 Å². The van der Waals surface area contributed by atoms with E-state index >= 15 is 0 Å². The van der Waals surface area contributed by atoms with Crippen LogP contribution in [-0.2, 0) is 6.42 Å². The fourth-order valence-electron chi connectivity index (χ4n) is 2.46. The van der Waals surface area contributed by atoms with Crippen LogP contribution in [0.25, 0.3) is 0 Å². The molecule has 1 aromatic carbocycles. The largest absolute Gasteiger partial charge is 0.343 e. The first-order valence-corrected chi connectivity index (χ1v) is 8.19. The Labute approximate surface area is 150 Å². The maximum atomic E-state index is 13.4. The first-order chi connectivity index (χ1) is 12.5. The van der Waals surface area contributed by atoms with Crippen LogP contribution in [0.4, 0.5) is 26.2 Å². The van der Waals surface area contributed by atoms with Crippen molar-refractivity contribution in [1.82, 2.24) is 15.0 Å². The van der Waals surface area contributed by atoms with E-state index in [-0.39, 0.29) is 0 Å². The number of benzene rings is 1. The topological polar surface area (TPSA) is 53.9 Å². The van der Waals surface area contributed by atoms with Gasteiger partial charge in [-0.25, -0.2) is 13.8 Å². The quantitative estimate of drug-likeness (QED) is 0.727. The average Bonchev–Trinajstić information content (AvgIpc) is 2.63. The van der Waals surface area contributed by atoms with Gasteiger partial charge in [-0.3, -0.25) is 4.98 Å². The van der Waals surface area contributed by atoms with Crippen LogP contribution in [0.1, 0.15) is 11.3 Å². The van der Waals surface area contributed by atoms with Crippen LogP contribution >= 0.6 is 0 Å². The Balaban J connectivity index is 1.73. The Morgan fingerprint density at radius 3 is 2.50 bits per heavy atom. The maximum absolute atomic E-state index is 13.4. The van der Waals surface area contributed by atoms with Gasteiger partial charge in [0, 0.05) is 49.5 Å². The lowest BCUT2D eigenvalue weighted by Gasteiger charge is -2.18. The molecule has 0 unspecified atom stereocenters. The summed E-state index contributed by atoms with van der Waals surface area (Å²) in [5.74, 6) is -0.708. The number of anilines is 3. The Morgan fingerprint density at radius 2 is 1.77 bits per heavy atom. The lowest BCUT2D eigenvalue weighted by molar-refractivity contribution is 0.509. The lowest BCUT2D eigenvalue weighted by Crippen LogP contribution is -2.23. The molecular weight excluding hydrogens is 336 g/mol. The molecular formula is C19H19F2N5. The summed E-state index contributed by atoms with van der Waals surface area (Å²) in [4.78, 5) is 14.9. The van der Waals surface area contributed by atoms with Gasteiger partial charge in [0.1, 0.15) is 5.82 Å². The number of pyridine rings is 1. The van der Waals surface area contributed by atoms with Crippen LogP contribution in [0.3, 0.4) is 0 Å². The molecule has 0 saturated carbocycles. The Bertz CT molecular complexity index is 886. The molecule has 0 spiro atoms. The van der Waals surface area contributed by atoms with Crippen LogP contribution in [0.15, 0.2) is 48.8 Å². The van der Waals surface area contributed by atoms with E-state index in [1.165, 1.54) is 11.6 Å². The fourth-order valence-corrected chi connectivity index (χ4v) is 2.46. The summed E-state index contributed by atoms with van der Waals surface area (Å²) in [5, 5.41) is 2.99. The van der Waals surface area contributed by atoms with E-state index in [0.29, 0.717) is 17.5 Å². The summed E-state index contributed by atoms with van der Waals surface area (Å²) in [6, 6.07) is 9.33. The van der Waals surface area contributed by atoms with E-state index in [4.69, 9.17) is 0 Å². The van der Waals surface area contributed by atoms with Crippen molar-refractivity contribution in [1.29, 1.82) is 0 Å². The number of nitrogens with one attached hydrogen (secondary N) is 1. The smallest absolute Gasteiger partial charge is 0.227 e. The summed E-state index contributed by atoms with van der Waals surface area (Å²) in [7, 11) is 1.91. The number of nitrogens with zero attached hydrogens (tertiary/aromatic N) is 4. The molecule has 5 nitrogen and oxygen atoms in total. The number of rotatable bonds is 6. The summed E-state index contributed by atoms with van der Waals surface area (Å²) in [6.45, 7) is 2.59. The minimum atomic E-state index is -0.907. The minimum absolute atomic E-state index is 0.424. The second-order valence-electron chi connectivity index (χ2n) is 5.98. The SMILES string of the molecule is Cc1cc(Nc2ccc(F)c(F)c2)nc(N(C)CCc2ccncc2)n1. The van der Waals surface area contributed by atoms with Crippen molar-refractivity contribution in [2.24, 2.45) is 0 Å². The number of aromatic nitrogens is 3. The first kappa shape index (κ1) is 17.7. The molecule has 3 rings (SSSR count). The standard InChI is InChI=1S/C19H19F2N5/c1-13-11-18(24-15-3-4-16(20)17(21)12-15)25-19(23-13)26(2)10-7-14-5-8-22-9-6-14/h3-6,8-9,11-12H,7,10H2,1-2H3,(H,23,24,25). The highest BCUT2D eigenvalue weighted by Crippen LogP contribution is 2.20. The summed E-state index contributed by atoms with van der Waals surface area (Å²) >= 11 is 0. The van der Waals surface area contributed by atoms with Crippen molar-refractivity contribution in [2.75, 3.05) is 23.8 Å². The third-order valence-corrected chi connectivity index (χ3v) is 3.86. The van der Waals surface area contributed by atoms with Gasteiger partial charge in [0.2, 0.25) is 5.95 Å². The molecule has 0 fully saturated rings. The average molecular weight is 355 g/mol. The molecule has 0 radical (unpaired) electrons. The van der Waals surface area contributed by atoms with Crippen LogP contribution in [0, 0.1) is 18.6 Å². The van der Waals surface area contributed by atoms with E-state index in [9.17, 15) is 8.78 Å². The molecule has 0 aliphatic carbocycles. The van der Waals surface area contributed by atoms with Gasteiger partial charge in [0.25, 0.3) is 0 Å². The molecule has 1 N–H and O–H groups in total. The van der Waals surface area contributed by atoms with Crippen molar-refractivity contribution in [3.05, 3.63) is 71.7 Å². The Hall–Kier alpha value is -3.09. The van der Waals surface area contributed by atoms with Crippen molar-refractivity contribution < 1.29 is 8.78 Å². The molecule has 0 amide bonds. The minimum Gasteiger partial charge on any atom is -0.343 e. The van der Waals surface area contributed by atoms with Gasteiger partial charge in [0.05, 0.1) is 0 Å². The Kier molecular flexibility index (Phi) is 5.36. The highest BCUT2D eigenvalue weighted by Gasteiger charge is 2.09. The lowest BCUT2D eigenvalue weighted by atomic mass is 10.2. The van der Waals surface area contributed by atoms with Gasteiger partial charge in [0.15, 0.2) is 11.6 Å². The number of hydrogen-bond acceptors (Lipinski definition) is 5. The van der Waals surface area contributed by atoms with E-state index in [0.717, 1.165) is 30.8 Å². The predicted molar refractivity (Wildman–Crippen MR) is 97.6 cm³/mol. The molecule has 0 bridgehead atoms. The van der Waals surface area contributed by atoms with E-state index < -0.39 is 11.6 Å². The number of halogens is 2. The van der Waals surface area contributed by atoms with Gasteiger partial charge in [-0.15, -0.1) is 0 Å². The zero-order chi connectivity index (χ0) is 18.5. The van der Waals surface area contributed by atoms with E-state index in [1.807, 2.05) is 31.0 Å². The summed E-state index contributed by atoms with van der Waals surface area (Å²) in [6.07, 6.45) is 4.37. The molecule has 3 aromatic rings. The zero-order valence-corrected chi connectivity index (χ0v) is 14.6. The van der Waals surface area contributed by atoms with E-state index in [1.54, 1.807) is 18.5 Å². The second-order valence-corrected chi connectivity index (χ2v) is 5.98. The van der Waals surface area contributed by atoms with Gasteiger partial charge in [-0.1, -0.05) is 0 Å². The summed E-state index contributed by atoms with van der Waals surface area (Å²) < 4.78 is 26.4. The second kappa shape index (κ2) is 7.86. The normalized spacial score (nSPS) is 10.6. The molecule has 134 valence electrons. The molecule has 2 aromatic heterocycles. The van der Waals surface area contributed by atoms with Crippen molar-refractivity contribution in [3.8, 4) is 0 Å². The molecule has 7 heteroatoms. The van der Waals surface area contributed by atoms with Gasteiger partial charge in [-0.2, -0.15) is 4.98 Å². The number of likely N-dealkylation sites (N-methyl/N-ethyl adjacent to an activating group) is 1. The highest BCUT2D eigenvalue weighted by molar-refractivity contribution is 5.57. The molecule has 0 aliphatic heterocycles. The number of hydrogen-bond donors (Lipinski definition) is 1. The van der Waals surface area contributed by atoms with Crippen molar-refractivity contribution in [2.45, 2.75) is 13.3 Å². The third-order valence-electron chi connectivity index (χ3n) is 3.86. The Morgan fingerprint density at radius 1 is 1.00 bits per heavy atom. The maximum Gasteiger partial charge on any atom is 0.227 e. The summed E-state index contributed by atoms with van der Waals surface area (Å²) in [5.41, 5.74) is 2.38. The van der Waals surface area contributed by atoms with Gasteiger partial charge < -0.3 is 10.2 Å². The van der Waals surface area contributed by atoms with Crippen LogP contribution in [0.2, 0.25) is 0 Å². The van der Waals surface area contributed by atoms with Gasteiger partial charge in [-0.05, 0) is 43.2 Å². The van der Waals surface area contributed by atoms with Crippen LogP contribution in [-0.4, -0.2) is 28.5 Å². The fraction of sp³-hybridized carbons (Fsp3) is 0.211. The zero-order valence-electron chi connectivity index (χ0n) is 14.6. The van der Waals surface area contributed by atoms with Crippen LogP contribution in [0.5, 0.6) is 0 Å². The van der Waals surface area contributed by atoms with Crippen molar-refractivity contribution >= 4 is 17.5 Å². The van der Waals surface area contributed by atoms with Crippen molar-refractivity contribution in [3.63, 3.8) is 0 Å². The van der Waals surface area contributed by atoms with Crippen LogP contribution < -0.4 is 10.2 Å². The highest BCUT2D eigenvalue weighted by atomic mass is 19.2.